The Balaban J connectivity index is 2.92. The van der Waals surface area contributed by atoms with Crippen molar-refractivity contribution in [1.29, 1.82) is 0 Å². The first-order valence-electron chi connectivity index (χ1n) is 5.03. The van der Waals surface area contributed by atoms with Crippen LogP contribution in [0.1, 0.15) is 34.1 Å². The molecule has 0 spiro atoms. The molecule has 1 rings (SSSR count). The molecule has 1 N–H and O–H groups in total. The van der Waals surface area contributed by atoms with Crippen molar-refractivity contribution in [2.24, 2.45) is 0 Å². The largest absolute Gasteiger partial charge is 0.340 e. The summed E-state index contributed by atoms with van der Waals surface area (Å²) in [6.07, 6.45) is 0.626. The average molecular weight is 198 g/mol. The van der Waals surface area contributed by atoms with Crippen molar-refractivity contribution in [3.05, 3.63) is 0 Å². The molecular formula is C10H18N2O2. The molecule has 1 unspecified atom stereocenters. The number of amides is 2. The Hall–Kier alpha value is -1.06. The van der Waals surface area contributed by atoms with Gasteiger partial charge in [-0.3, -0.25) is 9.59 Å². The summed E-state index contributed by atoms with van der Waals surface area (Å²) in [4.78, 5) is 25.0. The highest BCUT2D eigenvalue weighted by Gasteiger charge is 2.42. The van der Waals surface area contributed by atoms with Gasteiger partial charge in [-0.2, -0.15) is 0 Å². The third-order valence-corrected chi connectivity index (χ3v) is 2.79. The average Bonchev–Trinajstić information content (AvgIpc) is 2.11. The number of carbonyl (C=O) groups excluding carboxylic acids is 2. The van der Waals surface area contributed by atoms with Gasteiger partial charge in [-0.25, -0.2) is 0 Å². The topological polar surface area (TPSA) is 49.4 Å². The van der Waals surface area contributed by atoms with Crippen molar-refractivity contribution < 1.29 is 9.59 Å². The molecular weight excluding hydrogens is 180 g/mol. The van der Waals surface area contributed by atoms with Gasteiger partial charge < -0.3 is 10.2 Å². The molecule has 14 heavy (non-hydrogen) atoms. The summed E-state index contributed by atoms with van der Waals surface area (Å²) in [5.74, 6) is -0.0442. The number of nitrogens with zero attached hydrogens (tertiary/aromatic N) is 1. The number of hydrogen-bond donors (Lipinski definition) is 1. The summed E-state index contributed by atoms with van der Waals surface area (Å²) in [5.41, 5.74) is -0.709. The number of hydrogen-bond acceptors (Lipinski definition) is 2. The summed E-state index contributed by atoms with van der Waals surface area (Å²) in [5, 5.41) is 2.75. The fourth-order valence-electron chi connectivity index (χ4n) is 1.60. The first-order valence-corrected chi connectivity index (χ1v) is 5.03. The zero-order valence-corrected chi connectivity index (χ0v) is 9.26. The van der Waals surface area contributed by atoms with Crippen molar-refractivity contribution in [1.82, 2.24) is 10.2 Å². The molecule has 4 heteroatoms. The van der Waals surface area contributed by atoms with Gasteiger partial charge in [0.15, 0.2) is 0 Å². The molecule has 0 radical (unpaired) electrons. The first kappa shape index (κ1) is 11.0. The van der Waals surface area contributed by atoms with Gasteiger partial charge in [0.25, 0.3) is 0 Å². The minimum absolute atomic E-state index is 0.0228. The number of nitrogens with one attached hydrogen (secondary N) is 1. The van der Waals surface area contributed by atoms with E-state index in [1.165, 1.54) is 0 Å². The van der Waals surface area contributed by atoms with Gasteiger partial charge in [0, 0.05) is 6.04 Å². The van der Waals surface area contributed by atoms with Gasteiger partial charge in [0.05, 0.1) is 6.54 Å². The van der Waals surface area contributed by atoms with E-state index in [9.17, 15) is 9.59 Å². The van der Waals surface area contributed by atoms with Gasteiger partial charge in [-0.05, 0) is 27.2 Å². The Morgan fingerprint density at radius 3 is 2.50 bits per heavy atom. The lowest BCUT2D eigenvalue weighted by molar-refractivity contribution is -0.151. The molecule has 0 saturated carbocycles. The van der Waals surface area contributed by atoms with Crippen LogP contribution in [0, 0.1) is 0 Å². The molecule has 0 bridgehead atoms. The zero-order chi connectivity index (χ0) is 10.9. The van der Waals surface area contributed by atoms with Crippen LogP contribution in [0.5, 0.6) is 0 Å². The van der Waals surface area contributed by atoms with Crippen molar-refractivity contribution in [3.8, 4) is 0 Å². The standard InChI is InChI=1S/C10H18N2O2/c1-5-10(4)9(14)12(7(2)3)6-8(13)11-10/h7H,5-6H2,1-4H3,(H,11,13). The maximum atomic E-state index is 12.0. The van der Waals surface area contributed by atoms with E-state index in [-0.39, 0.29) is 24.4 Å². The zero-order valence-electron chi connectivity index (χ0n) is 9.26. The van der Waals surface area contributed by atoms with Crippen LogP contribution >= 0.6 is 0 Å². The lowest BCUT2D eigenvalue weighted by Crippen LogP contribution is -2.66. The minimum atomic E-state index is -0.709. The Morgan fingerprint density at radius 2 is 2.07 bits per heavy atom. The summed E-state index contributed by atoms with van der Waals surface area (Å²) in [6.45, 7) is 7.72. The maximum Gasteiger partial charge on any atom is 0.248 e. The fourth-order valence-corrected chi connectivity index (χ4v) is 1.60. The molecule has 1 fully saturated rings. The second-order valence-electron chi connectivity index (χ2n) is 4.26. The van der Waals surface area contributed by atoms with Gasteiger partial charge in [0.1, 0.15) is 5.54 Å². The van der Waals surface area contributed by atoms with E-state index in [0.29, 0.717) is 6.42 Å². The summed E-state index contributed by atoms with van der Waals surface area (Å²) in [7, 11) is 0. The van der Waals surface area contributed by atoms with Gasteiger partial charge in [-0.15, -0.1) is 0 Å². The predicted octanol–water partition coefficient (Wildman–Crippen LogP) is 0.522. The SMILES string of the molecule is CCC1(C)NC(=O)CN(C(C)C)C1=O. The van der Waals surface area contributed by atoms with Crippen molar-refractivity contribution in [2.45, 2.75) is 45.7 Å². The molecule has 0 aliphatic carbocycles. The van der Waals surface area contributed by atoms with Gasteiger partial charge in [-0.1, -0.05) is 6.92 Å². The predicted molar refractivity (Wildman–Crippen MR) is 53.7 cm³/mol. The second kappa shape index (κ2) is 3.59. The third-order valence-electron chi connectivity index (χ3n) is 2.79. The molecule has 1 atom stereocenters. The quantitative estimate of drug-likeness (QED) is 0.703. The Morgan fingerprint density at radius 1 is 1.50 bits per heavy atom. The highest BCUT2D eigenvalue weighted by atomic mass is 16.2. The van der Waals surface area contributed by atoms with Gasteiger partial charge in [0.2, 0.25) is 11.8 Å². The lowest BCUT2D eigenvalue weighted by Gasteiger charge is -2.41. The smallest absolute Gasteiger partial charge is 0.248 e. The van der Waals surface area contributed by atoms with Crippen molar-refractivity contribution in [2.75, 3.05) is 6.54 Å². The Bertz CT molecular complexity index is 263. The van der Waals surface area contributed by atoms with Crippen LogP contribution in [0.2, 0.25) is 0 Å². The number of rotatable bonds is 2. The molecule has 2 amide bonds. The van der Waals surface area contributed by atoms with E-state index in [1.807, 2.05) is 20.8 Å². The van der Waals surface area contributed by atoms with E-state index in [4.69, 9.17) is 0 Å². The third kappa shape index (κ3) is 1.74. The molecule has 80 valence electrons. The van der Waals surface area contributed by atoms with Crippen LogP contribution < -0.4 is 5.32 Å². The van der Waals surface area contributed by atoms with Crippen LogP contribution in [0.3, 0.4) is 0 Å². The van der Waals surface area contributed by atoms with Gasteiger partial charge >= 0.3 is 0 Å². The number of piperazine rings is 1. The molecule has 4 nitrogen and oxygen atoms in total. The van der Waals surface area contributed by atoms with E-state index in [1.54, 1.807) is 11.8 Å². The second-order valence-corrected chi connectivity index (χ2v) is 4.26. The van der Waals surface area contributed by atoms with Crippen LogP contribution in [-0.4, -0.2) is 34.8 Å². The van der Waals surface area contributed by atoms with Crippen LogP contribution in [-0.2, 0) is 9.59 Å². The Kier molecular flexibility index (Phi) is 2.83. The first-order chi connectivity index (χ1) is 6.40. The minimum Gasteiger partial charge on any atom is -0.340 e. The maximum absolute atomic E-state index is 12.0. The fraction of sp³-hybridized carbons (Fsp3) is 0.800. The normalized spacial score (nSPS) is 28.2. The van der Waals surface area contributed by atoms with E-state index >= 15 is 0 Å². The van der Waals surface area contributed by atoms with E-state index < -0.39 is 5.54 Å². The molecule has 1 aliphatic rings. The monoisotopic (exact) mass is 198 g/mol. The highest BCUT2D eigenvalue weighted by Crippen LogP contribution is 2.19. The molecule has 0 aromatic heterocycles. The van der Waals surface area contributed by atoms with Crippen LogP contribution in [0.15, 0.2) is 0 Å². The summed E-state index contributed by atoms with van der Waals surface area (Å²) < 4.78 is 0. The van der Waals surface area contributed by atoms with E-state index in [0.717, 1.165) is 0 Å². The molecule has 0 aromatic rings. The highest BCUT2D eigenvalue weighted by molar-refractivity contribution is 5.97. The van der Waals surface area contributed by atoms with Crippen molar-refractivity contribution >= 4 is 11.8 Å². The number of carbonyl (C=O) groups is 2. The van der Waals surface area contributed by atoms with Crippen LogP contribution in [0.25, 0.3) is 0 Å². The molecule has 1 aliphatic heterocycles. The molecule has 1 heterocycles. The van der Waals surface area contributed by atoms with E-state index in [2.05, 4.69) is 5.32 Å². The van der Waals surface area contributed by atoms with Crippen molar-refractivity contribution in [3.63, 3.8) is 0 Å². The lowest BCUT2D eigenvalue weighted by atomic mass is 9.93. The molecule has 1 saturated heterocycles. The van der Waals surface area contributed by atoms with Crippen LogP contribution in [0.4, 0.5) is 0 Å². The Labute approximate surface area is 84.7 Å². The summed E-state index contributed by atoms with van der Waals surface area (Å²) >= 11 is 0. The molecule has 0 aromatic carbocycles. The summed E-state index contributed by atoms with van der Waals surface area (Å²) in [6, 6.07) is 0.0828.